The topological polar surface area (TPSA) is 34.0 Å². The number of benzene rings is 3. The monoisotopic (exact) mass is 384 g/mol. The first-order chi connectivity index (χ1) is 13.8. The number of aryl methyl sites for hydroxylation is 1. The first-order valence-corrected chi connectivity index (χ1v) is 10.2. The van der Waals surface area contributed by atoms with Crippen molar-refractivity contribution in [3.05, 3.63) is 95.8 Å². The molecule has 0 spiro atoms. The molecule has 0 unspecified atom stereocenters. The van der Waals surface area contributed by atoms with Crippen molar-refractivity contribution < 1.29 is 0 Å². The van der Waals surface area contributed by atoms with Crippen molar-refractivity contribution in [2.75, 3.05) is 4.90 Å². The zero-order valence-corrected chi connectivity index (χ0v) is 16.4. The number of rotatable bonds is 4. The predicted molar refractivity (Wildman–Crippen MR) is 113 cm³/mol. The maximum absolute atomic E-state index is 4.43. The van der Waals surface area contributed by atoms with Crippen LogP contribution in [0.4, 0.5) is 11.4 Å². The summed E-state index contributed by atoms with van der Waals surface area (Å²) in [4.78, 5) is 4.88. The van der Waals surface area contributed by atoms with Crippen molar-refractivity contribution in [1.29, 1.82) is 0 Å². The maximum atomic E-state index is 4.43. The van der Waals surface area contributed by atoms with Crippen LogP contribution in [0.15, 0.2) is 88.8 Å². The highest BCUT2D eigenvalue weighted by molar-refractivity contribution is 7.99. The summed E-state index contributed by atoms with van der Waals surface area (Å²) in [5.74, 6) is 0. The molecule has 5 rings (SSSR count). The van der Waals surface area contributed by atoms with Crippen molar-refractivity contribution in [1.82, 2.24) is 15.0 Å². The lowest BCUT2D eigenvalue weighted by Gasteiger charge is -2.32. The van der Waals surface area contributed by atoms with Gasteiger partial charge in [-0.3, -0.25) is 0 Å². The first kappa shape index (κ1) is 17.1. The number of nitrogens with zero attached hydrogens (tertiary/aromatic N) is 4. The number of fused-ring (bicyclic) bond motifs is 2. The average molecular weight is 385 g/mol. The van der Waals surface area contributed by atoms with Crippen molar-refractivity contribution in [2.24, 2.45) is 0 Å². The summed E-state index contributed by atoms with van der Waals surface area (Å²) in [6.45, 7) is 3.53. The van der Waals surface area contributed by atoms with E-state index in [2.05, 4.69) is 94.9 Å². The molecule has 4 aromatic rings. The summed E-state index contributed by atoms with van der Waals surface area (Å²) in [6.07, 6.45) is 2.05. The Hall–Kier alpha value is -3.05. The highest BCUT2D eigenvalue weighted by Crippen LogP contribution is 2.48. The molecule has 1 aliphatic rings. The van der Waals surface area contributed by atoms with E-state index in [1.54, 1.807) is 0 Å². The number of aromatic nitrogens is 3. The SMILES string of the molecule is Cc1ccc(Cn2cc(CN3c4ccccc4Sc4ccccc43)nn2)cc1. The second-order valence-corrected chi connectivity index (χ2v) is 8.10. The second kappa shape index (κ2) is 7.17. The van der Waals surface area contributed by atoms with Gasteiger partial charge in [-0.2, -0.15) is 0 Å². The molecule has 3 aromatic carbocycles. The van der Waals surface area contributed by atoms with Gasteiger partial charge in [0.2, 0.25) is 0 Å². The van der Waals surface area contributed by atoms with E-state index in [1.165, 1.54) is 32.3 Å². The fourth-order valence-electron chi connectivity index (χ4n) is 3.48. The van der Waals surface area contributed by atoms with E-state index < -0.39 is 0 Å². The fraction of sp³-hybridized carbons (Fsp3) is 0.130. The Kier molecular flexibility index (Phi) is 4.37. The number of hydrogen-bond acceptors (Lipinski definition) is 4. The minimum absolute atomic E-state index is 0.697. The molecular weight excluding hydrogens is 364 g/mol. The van der Waals surface area contributed by atoms with Gasteiger partial charge in [0.15, 0.2) is 0 Å². The van der Waals surface area contributed by atoms with E-state index in [9.17, 15) is 0 Å². The Labute approximate surface area is 168 Å². The predicted octanol–water partition coefficient (Wildman–Crippen LogP) is 5.44. The molecular formula is C23H20N4S. The van der Waals surface area contributed by atoms with Gasteiger partial charge in [-0.05, 0) is 36.8 Å². The van der Waals surface area contributed by atoms with E-state index >= 15 is 0 Å². The van der Waals surface area contributed by atoms with Crippen LogP contribution in [0.1, 0.15) is 16.8 Å². The Balaban J connectivity index is 1.42. The van der Waals surface area contributed by atoms with Gasteiger partial charge < -0.3 is 4.90 Å². The summed E-state index contributed by atoms with van der Waals surface area (Å²) in [5, 5.41) is 8.78. The standard InChI is InChI=1S/C23H20N4S/c1-17-10-12-18(13-11-17)14-26-15-19(24-25-26)16-27-20-6-2-4-8-22(20)28-23-9-5-3-7-21(23)27/h2-13,15H,14,16H2,1H3. The Morgan fingerprint density at radius 3 is 2.11 bits per heavy atom. The fourth-order valence-corrected chi connectivity index (χ4v) is 4.58. The lowest BCUT2D eigenvalue weighted by molar-refractivity contribution is 0.649. The van der Waals surface area contributed by atoms with Crippen LogP contribution in [0.2, 0.25) is 0 Å². The molecule has 0 saturated carbocycles. The largest absolute Gasteiger partial charge is 0.333 e. The number of para-hydroxylation sites is 2. The average Bonchev–Trinajstić information content (AvgIpc) is 3.16. The van der Waals surface area contributed by atoms with E-state index in [1.807, 2.05) is 22.6 Å². The Morgan fingerprint density at radius 1 is 0.786 bits per heavy atom. The van der Waals surface area contributed by atoms with E-state index in [0.717, 1.165) is 12.2 Å². The van der Waals surface area contributed by atoms with E-state index in [4.69, 9.17) is 0 Å². The molecule has 0 saturated heterocycles. The molecule has 0 aliphatic carbocycles. The van der Waals surface area contributed by atoms with Gasteiger partial charge in [0, 0.05) is 9.79 Å². The van der Waals surface area contributed by atoms with Crippen LogP contribution in [-0.4, -0.2) is 15.0 Å². The molecule has 138 valence electrons. The highest BCUT2D eigenvalue weighted by Gasteiger charge is 2.23. The number of anilines is 2. The van der Waals surface area contributed by atoms with Crippen LogP contribution in [0.5, 0.6) is 0 Å². The van der Waals surface area contributed by atoms with Crippen LogP contribution in [0.25, 0.3) is 0 Å². The third kappa shape index (κ3) is 3.29. The van der Waals surface area contributed by atoms with Crippen molar-refractivity contribution in [3.63, 3.8) is 0 Å². The van der Waals surface area contributed by atoms with Crippen LogP contribution in [-0.2, 0) is 13.1 Å². The molecule has 0 atom stereocenters. The molecule has 2 heterocycles. The van der Waals surface area contributed by atoms with Crippen LogP contribution >= 0.6 is 11.8 Å². The third-order valence-corrected chi connectivity index (χ3v) is 6.03. The molecule has 0 bridgehead atoms. The normalized spacial score (nSPS) is 12.5. The molecule has 28 heavy (non-hydrogen) atoms. The molecule has 4 nitrogen and oxygen atoms in total. The van der Waals surface area contributed by atoms with E-state index in [0.29, 0.717) is 6.54 Å². The third-order valence-electron chi connectivity index (χ3n) is 4.90. The van der Waals surface area contributed by atoms with Crippen molar-refractivity contribution in [3.8, 4) is 0 Å². The zero-order valence-electron chi connectivity index (χ0n) is 15.6. The summed E-state index contributed by atoms with van der Waals surface area (Å²) in [6, 6.07) is 25.6. The molecule has 1 aliphatic heterocycles. The number of hydrogen-bond donors (Lipinski definition) is 0. The van der Waals surface area contributed by atoms with Crippen molar-refractivity contribution >= 4 is 23.1 Å². The minimum Gasteiger partial charge on any atom is -0.333 e. The molecule has 0 fully saturated rings. The summed E-state index contributed by atoms with van der Waals surface area (Å²) < 4.78 is 1.91. The van der Waals surface area contributed by atoms with Crippen LogP contribution in [0, 0.1) is 6.92 Å². The molecule has 0 N–H and O–H groups in total. The van der Waals surface area contributed by atoms with Crippen LogP contribution in [0.3, 0.4) is 0 Å². The van der Waals surface area contributed by atoms with Gasteiger partial charge in [0.05, 0.1) is 30.7 Å². The van der Waals surface area contributed by atoms with Gasteiger partial charge in [0.25, 0.3) is 0 Å². The van der Waals surface area contributed by atoms with Crippen LogP contribution < -0.4 is 4.90 Å². The van der Waals surface area contributed by atoms with Gasteiger partial charge >= 0.3 is 0 Å². The molecule has 5 heteroatoms. The summed E-state index contributed by atoms with van der Waals surface area (Å²) in [7, 11) is 0. The van der Waals surface area contributed by atoms with Gasteiger partial charge in [0.1, 0.15) is 5.69 Å². The second-order valence-electron chi connectivity index (χ2n) is 7.02. The smallest absolute Gasteiger partial charge is 0.102 e. The quantitative estimate of drug-likeness (QED) is 0.469. The lowest BCUT2D eigenvalue weighted by atomic mass is 10.1. The highest BCUT2D eigenvalue weighted by atomic mass is 32.2. The lowest BCUT2D eigenvalue weighted by Crippen LogP contribution is -2.20. The van der Waals surface area contributed by atoms with Gasteiger partial charge in [-0.15, -0.1) is 5.10 Å². The Bertz CT molecular complexity index is 1070. The zero-order chi connectivity index (χ0) is 18.9. The summed E-state index contributed by atoms with van der Waals surface area (Å²) in [5.41, 5.74) is 5.90. The van der Waals surface area contributed by atoms with E-state index in [-0.39, 0.29) is 0 Å². The molecule has 0 amide bonds. The molecule has 1 aromatic heterocycles. The minimum atomic E-state index is 0.697. The molecule has 0 radical (unpaired) electrons. The summed E-state index contributed by atoms with van der Waals surface area (Å²) >= 11 is 1.82. The van der Waals surface area contributed by atoms with Gasteiger partial charge in [-0.1, -0.05) is 71.1 Å². The first-order valence-electron chi connectivity index (χ1n) is 9.34. The van der Waals surface area contributed by atoms with Gasteiger partial charge in [-0.25, -0.2) is 4.68 Å². The van der Waals surface area contributed by atoms with Crippen molar-refractivity contribution in [2.45, 2.75) is 29.8 Å². The maximum Gasteiger partial charge on any atom is 0.102 e. The Morgan fingerprint density at radius 2 is 1.43 bits per heavy atom.